The number of benzene rings is 1. The van der Waals surface area contributed by atoms with Gasteiger partial charge in [0.25, 0.3) is 0 Å². The Morgan fingerprint density at radius 2 is 1.74 bits per heavy atom. The highest BCUT2D eigenvalue weighted by molar-refractivity contribution is 5.42. The van der Waals surface area contributed by atoms with Crippen LogP contribution in [-0.2, 0) is 6.18 Å². The Labute approximate surface area is 108 Å². The fourth-order valence-corrected chi connectivity index (χ4v) is 1.42. The lowest BCUT2D eigenvalue weighted by Gasteiger charge is -2.08. The first kappa shape index (κ1) is 13.2. The lowest BCUT2D eigenvalue weighted by Crippen LogP contribution is -2.04. The number of nitrogens with one attached hydrogen (secondary N) is 1. The van der Waals surface area contributed by atoms with Gasteiger partial charge in [0, 0.05) is 13.1 Å². The molecule has 1 aromatic carbocycles. The molecule has 6 heteroatoms. The van der Waals surface area contributed by atoms with Crippen LogP contribution < -0.4 is 10.1 Å². The summed E-state index contributed by atoms with van der Waals surface area (Å²) < 4.78 is 42.4. The Hall–Kier alpha value is -2.24. The van der Waals surface area contributed by atoms with Crippen molar-refractivity contribution in [3.05, 3.63) is 48.2 Å². The summed E-state index contributed by atoms with van der Waals surface area (Å²) >= 11 is 0. The molecule has 1 N–H and O–H groups in total. The van der Waals surface area contributed by atoms with E-state index in [9.17, 15) is 13.2 Å². The fourth-order valence-electron chi connectivity index (χ4n) is 1.42. The van der Waals surface area contributed by atoms with Crippen LogP contribution in [0, 0.1) is 0 Å². The minimum atomic E-state index is -4.34. The summed E-state index contributed by atoms with van der Waals surface area (Å²) in [4.78, 5) is 4.01. The Morgan fingerprint density at radius 1 is 1.05 bits per heavy atom. The maximum Gasteiger partial charge on any atom is 0.416 e. The monoisotopic (exact) mass is 268 g/mol. The van der Waals surface area contributed by atoms with E-state index >= 15 is 0 Å². The molecule has 0 atom stereocenters. The van der Waals surface area contributed by atoms with Crippen LogP contribution in [0.3, 0.4) is 0 Å². The second-order valence-electron chi connectivity index (χ2n) is 3.76. The highest BCUT2D eigenvalue weighted by Crippen LogP contribution is 2.31. The number of halogens is 3. The molecule has 100 valence electrons. The number of hydrogen-bond acceptors (Lipinski definition) is 3. The van der Waals surface area contributed by atoms with Gasteiger partial charge in [-0.15, -0.1) is 0 Å². The molecular weight excluding hydrogens is 257 g/mol. The highest BCUT2D eigenvalue weighted by atomic mass is 19.4. The fraction of sp³-hybridized carbons (Fsp3) is 0.154. The van der Waals surface area contributed by atoms with Crippen LogP contribution in [0.2, 0.25) is 0 Å². The minimum absolute atomic E-state index is 0.303. The normalized spacial score (nSPS) is 11.2. The number of aromatic nitrogens is 1. The number of ether oxygens (including phenoxy) is 1. The van der Waals surface area contributed by atoms with Gasteiger partial charge in [0.1, 0.15) is 5.75 Å². The van der Waals surface area contributed by atoms with Gasteiger partial charge in [-0.25, -0.2) is 4.98 Å². The third kappa shape index (κ3) is 3.37. The second kappa shape index (κ2) is 5.17. The summed E-state index contributed by atoms with van der Waals surface area (Å²) in [5, 5.41) is 2.90. The van der Waals surface area contributed by atoms with E-state index in [4.69, 9.17) is 4.74 Å². The van der Waals surface area contributed by atoms with E-state index in [1.807, 2.05) is 0 Å². The molecule has 2 aromatic rings. The van der Waals surface area contributed by atoms with Crippen molar-refractivity contribution in [1.29, 1.82) is 0 Å². The Morgan fingerprint density at radius 3 is 2.21 bits per heavy atom. The zero-order valence-corrected chi connectivity index (χ0v) is 10.0. The molecule has 0 amide bonds. The molecule has 0 radical (unpaired) electrons. The number of hydrogen-bond donors (Lipinski definition) is 1. The van der Waals surface area contributed by atoms with Gasteiger partial charge in [0.2, 0.25) is 5.88 Å². The number of alkyl halides is 3. The lowest BCUT2D eigenvalue weighted by atomic mass is 10.2. The zero-order chi connectivity index (χ0) is 13.9. The van der Waals surface area contributed by atoms with Crippen molar-refractivity contribution in [2.24, 2.45) is 0 Å². The van der Waals surface area contributed by atoms with Crippen LogP contribution in [0.15, 0.2) is 42.6 Å². The van der Waals surface area contributed by atoms with Crippen LogP contribution in [0.25, 0.3) is 0 Å². The predicted molar refractivity (Wildman–Crippen MR) is 65.3 cm³/mol. The van der Waals surface area contributed by atoms with Gasteiger partial charge < -0.3 is 10.1 Å². The second-order valence-corrected chi connectivity index (χ2v) is 3.76. The average Bonchev–Trinajstić information content (AvgIpc) is 2.39. The van der Waals surface area contributed by atoms with Crippen LogP contribution >= 0.6 is 0 Å². The smallest absolute Gasteiger partial charge is 0.416 e. The van der Waals surface area contributed by atoms with Gasteiger partial charge in [-0.2, -0.15) is 13.2 Å². The van der Waals surface area contributed by atoms with Crippen LogP contribution in [0.5, 0.6) is 11.6 Å². The molecular formula is C13H11F3N2O. The first-order valence-corrected chi connectivity index (χ1v) is 5.48. The van der Waals surface area contributed by atoms with Crippen molar-refractivity contribution in [1.82, 2.24) is 4.98 Å². The number of rotatable bonds is 3. The van der Waals surface area contributed by atoms with Crippen LogP contribution in [-0.4, -0.2) is 12.0 Å². The topological polar surface area (TPSA) is 34.1 Å². The number of anilines is 1. The van der Waals surface area contributed by atoms with E-state index in [2.05, 4.69) is 10.3 Å². The molecule has 0 aliphatic rings. The molecule has 0 aliphatic carbocycles. The van der Waals surface area contributed by atoms with Gasteiger partial charge in [0.05, 0.1) is 17.4 Å². The zero-order valence-electron chi connectivity index (χ0n) is 10.0. The highest BCUT2D eigenvalue weighted by Gasteiger charge is 2.30. The van der Waals surface area contributed by atoms with E-state index < -0.39 is 11.7 Å². The molecule has 0 fully saturated rings. The van der Waals surface area contributed by atoms with Crippen molar-refractivity contribution in [2.45, 2.75) is 6.18 Å². The molecule has 19 heavy (non-hydrogen) atoms. The van der Waals surface area contributed by atoms with Crippen molar-refractivity contribution in [2.75, 3.05) is 12.4 Å². The number of pyridine rings is 1. The van der Waals surface area contributed by atoms with E-state index in [-0.39, 0.29) is 0 Å². The maximum absolute atomic E-state index is 12.4. The molecule has 0 aliphatic heterocycles. The molecule has 0 bridgehead atoms. The van der Waals surface area contributed by atoms with Gasteiger partial charge in [0.15, 0.2) is 0 Å². The summed E-state index contributed by atoms with van der Waals surface area (Å²) in [5.74, 6) is 0.622. The van der Waals surface area contributed by atoms with Crippen LogP contribution in [0.4, 0.5) is 18.9 Å². The van der Waals surface area contributed by atoms with Crippen molar-refractivity contribution >= 4 is 5.69 Å². The Balaban J connectivity index is 2.10. The average molecular weight is 268 g/mol. The molecule has 0 spiro atoms. The van der Waals surface area contributed by atoms with E-state index in [0.717, 1.165) is 17.8 Å². The molecule has 2 rings (SSSR count). The molecule has 0 saturated carbocycles. The summed E-state index contributed by atoms with van der Waals surface area (Å²) in [6, 6.07) is 7.84. The molecule has 1 heterocycles. The molecule has 0 unspecified atom stereocenters. The summed E-state index contributed by atoms with van der Waals surface area (Å²) in [7, 11) is 1.76. The van der Waals surface area contributed by atoms with E-state index in [1.54, 1.807) is 25.4 Å². The Bertz CT molecular complexity index is 535. The van der Waals surface area contributed by atoms with Crippen molar-refractivity contribution in [3.8, 4) is 11.6 Å². The quantitative estimate of drug-likeness (QED) is 0.915. The predicted octanol–water partition coefficient (Wildman–Crippen LogP) is 3.93. The van der Waals surface area contributed by atoms with Crippen molar-refractivity contribution < 1.29 is 17.9 Å². The summed E-state index contributed by atoms with van der Waals surface area (Å²) in [6.45, 7) is 0. The molecule has 3 nitrogen and oxygen atoms in total. The maximum atomic E-state index is 12.4. The molecule has 0 saturated heterocycles. The first-order chi connectivity index (χ1) is 8.99. The van der Waals surface area contributed by atoms with E-state index in [1.165, 1.54) is 12.1 Å². The summed E-state index contributed by atoms with van der Waals surface area (Å²) in [6.07, 6.45) is -2.77. The Kier molecular flexibility index (Phi) is 3.59. The largest absolute Gasteiger partial charge is 0.439 e. The third-order valence-electron chi connectivity index (χ3n) is 2.43. The lowest BCUT2D eigenvalue weighted by molar-refractivity contribution is -0.137. The van der Waals surface area contributed by atoms with Crippen molar-refractivity contribution in [3.63, 3.8) is 0 Å². The minimum Gasteiger partial charge on any atom is -0.439 e. The van der Waals surface area contributed by atoms with Gasteiger partial charge in [-0.05, 0) is 30.3 Å². The van der Waals surface area contributed by atoms with Gasteiger partial charge in [-0.1, -0.05) is 0 Å². The van der Waals surface area contributed by atoms with Crippen LogP contribution in [0.1, 0.15) is 5.56 Å². The standard InChI is InChI=1S/C13H11F3N2O/c1-17-10-4-7-12(18-8-10)19-11-5-2-9(3-6-11)13(14,15)16/h2-8,17H,1H3. The molecule has 1 aromatic heterocycles. The van der Waals surface area contributed by atoms with Gasteiger partial charge in [-0.3, -0.25) is 0 Å². The number of nitrogens with zero attached hydrogens (tertiary/aromatic N) is 1. The first-order valence-electron chi connectivity index (χ1n) is 5.48. The van der Waals surface area contributed by atoms with E-state index in [0.29, 0.717) is 11.6 Å². The van der Waals surface area contributed by atoms with Gasteiger partial charge >= 0.3 is 6.18 Å². The SMILES string of the molecule is CNc1ccc(Oc2ccc(C(F)(F)F)cc2)nc1. The third-order valence-corrected chi connectivity index (χ3v) is 2.43. The summed E-state index contributed by atoms with van der Waals surface area (Å²) in [5.41, 5.74) is 0.109.